The lowest BCUT2D eigenvalue weighted by atomic mass is 9.73. The second-order valence-corrected chi connectivity index (χ2v) is 10.9. The van der Waals surface area contributed by atoms with E-state index in [-0.39, 0.29) is 8.80 Å². The SMILES string of the molecule is CC[SiH]1CCC(C2CCC(CCBr)CC2)CC1. The lowest BCUT2D eigenvalue weighted by Gasteiger charge is -2.37. The highest BCUT2D eigenvalue weighted by Gasteiger charge is 2.30. The number of hydrogen-bond donors (Lipinski definition) is 0. The maximum absolute atomic E-state index is 3.60. The Bertz CT molecular complexity index is 203. The topological polar surface area (TPSA) is 0 Å². The molecule has 100 valence electrons. The first-order valence-corrected chi connectivity index (χ1v) is 11.5. The third kappa shape index (κ3) is 4.09. The third-order valence-electron chi connectivity index (χ3n) is 5.54. The van der Waals surface area contributed by atoms with Crippen molar-refractivity contribution >= 4 is 24.7 Å². The average Bonchev–Trinajstić information content (AvgIpc) is 2.40. The van der Waals surface area contributed by atoms with Gasteiger partial charge in [0.2, 0.25) is 0 Å². The van der Waals surface area contributed by atoms with Crippen molar-refractivity contribution in [2.24, 2.45) is 17.8 Å². The summed E-state index contributed by atoms with van der Waals surface area (Å²) < 4.78 is 0. The molecule has 2 fully saturated rings. The van der Waals surface area contributed by atoms with Crippen molar-refractivity contribution in [2.45, 2.75) is 70.0 Å². The van der Waals surface area contributed by atoms with Crippen molar-refractivity contribution < 1.29 is 0 Å². The first-order valence-electron chi connectivity index (χ1n) is 7.89. The largest absolute Gasteiger partial charge is 0.0928 e. The highest BCUT2D eigenvalue weighted by atomic mass is 79.9. The van der Waals surface area contributed by atoms with Crippen LogP contribution in [0.4, 0.5) is 0 Å². The van der Waals surface area contributed by atoms with Crippen LogP contribution in [-0.2, 0) is 0 Å². The molecule has 17 heavy (non-hydrogen) atoms. The van der Waals surface area contributed by atoms with E-state index in [1.807, 2.05) is 0 Å². The Morgan fingerprint density at radius 2 is 1.53 bits per heavy atom. The fourth-order valence-electron chi connectivity index (χ4n) is 4.17. The van der Waals surface area contributed by atoms with Crippen molar-refractivity contribution in [1.82, 2.24) is 0 Å². The van der Waals surface area contributed by atoms with Crippen LogP contribution in [0.3, 0.4) is 0 Å². The Hall–Kier alpha value is 0.697. The molecule has 0 aromatic carbocycles. The molecule has 0 N–H and O–H groups in total. The monoisotopic (exact) mass is 316 g/mol. The molecule has 0 aromatic heterocycles. The lowest BCUT2D eigenvalue weighted by Crippen LogP contribution is -2.28. The third-order valence-corrected chi connectivity index (χ3v) is 9.46. The van der Waals surface area contributed by atoms with Crippen LogP contribution >= 0.6 is 15.9 Å². The van der Waals surface area contributed by atoms with E-state index in [1.165, 1.54) is 24.6 Å². The van der Waals surface area contributed by atoms with Gasteiger partial charge in [-0.1, -0.05) is 66.7 Å². The molecule has 0 bridgehead atoms. The summed E-state index contributed by atoms with van der Waals surface area (Å²) in [5.41, 5.74) is 0. The lowest BCUT2D eigenvalue weighted by molar-refractivity contribution is 0.189. The van der Waals surface area contributed by atoms with Gasteiger partial charge in [-0.2, -0.15) is 0 Å². The van der Waals surface area contributed by atoms with Gasteiger partial charge in [-0.3, -0.25) is 0 Å². The molecule has 0 unspecified atom stereocenters. The zero-order valence-electron chi connectivity index (χ0n) is 11.5. The van der Waals surface area contributed by atoms with Gasteiger partial charge in [0.15, 0.2) is 0 Å². The Morgan fingerprint density at radius 3 is 2.06 bits per heavy atom. The predicted octanol–water partition coefficient (Wildman–Crippen LogP) is 5.23. The van der Waals surface area contributed by atoms with E-state index in [0.717, 1.165) is 17.8 Å². The van der Waals surface area contributed by atoms with Crippen LogP contribution in [0.5, 0.6) is 0 Å². The Labute approximate surface area is 118 Å². The summed E-state index contributed by atoms with van der Waals surface area (Å²) in [6.07, 6.45) is 10.8. The van der Waals surface area contributed by atoms with Crippen molar-refractivity contribution in [2.75, 3.05) is 5.33 Å². The highest BCUT2D eigenvalue weighted by molar-refractivity contribution is 9.09. The van der Waals surface area contributed by atoms with Crippen LogP contribution in [0, 0.1) is 17.8 Å². The van der Waals surface area contributed by atoms with Crippen molar-refractivity contribution in [3.05, 3.63) is 0 Å². The molecule has 1 saturated heterocycles. The normalized spacial score (nSPS) is 39.2. The summed E-state index contributed by atoms with van der Waals surface area (Å²) in [7, 11) is -0.228. The first-order chi connectivity index (χ1) is 8.33. The molecule has 0 aromatic rings. The smallest absolute Gasteiger partial charge is 0.0365 e. The van der Waals surface area contributed by atoms with Crippen LogP contribution in [0.1, 0.15) is 51.9 Å². The summed E-state index contributed by atoms with van der Waals surface area (Å²) in [6.45, 7) is 2.43. The first kappa shape index (κ1) is 14.1. The maximum Gasteiger partial charge on any atom is 0.0365 e. The summed E-state index contributed by atoms with van der Waals surface area (Å²) in [5.74, 6) is 3.30. The fraction of sp³-hybridized carbons (Fsp3) is 1.00. The Balaban J connectivity index is 1.70. The van der Waals surface area contributed by atoms with Gasteiger partial charge in [0.25, 0.3) is 0 Å². The quantitative estimate of drug-likeness (QED) is 0.492. The van der Waals surface area contributed by atoms with Gasteiger partial charge in [0, 0.05) is 14.1 Å². The van der Waals surface area contributed by atoms with Crippen LogP contribution in [-0.4, -0.2) is 14.1 Å². The van der Waals surface area contributed by atoms with Crippen LogP contribution in [0.15, 0.2) is 0 Å². The fourth-order valence-corrected chi connectivity index (χ4v) is 7.72. The number of alkyl halides is 1. The Morgan fingerprint density at radius 1 is 0.941 bits per heavy atom. The second-order valence-electron chi connectivity index (χ2n) is 6.45. The second kappa shape index (κ2) is 7.33. The average molecular weight is 317 g/mol. The molecule has 0 radical (unpaired) electrons. The standard InChI is InChI=1S/C15H29BrSi/c1-2-17-11-8-15(9-12-17)14-5-3-13(4-6-14)7-10-16/h13-15,17H,2-12H2,1H3. The molecule has 2 heteroatoms. The number of rotatable bonds is 4. The van der Waals surface area contributed by atoms with E-state index < -0.39 is 0 Å². The van der Waals surface area contributed by atoms with E-state index >= 15 is 0 Å². The molecule has 2 aliphatic rings. The molecule has 0 atom stereocenters. The van der Waals surface area contributed by atoms with Gasteiger partial charge in [-0.15, -0.1) is 0 Å². The van der Waals surface area contributed by atoms with E-state index in [9.17, 15) is 0 Å². The Kier molecular flexibility index (Phi) is 6.08. The minimum Gasteiger partial charge on any atom is -0.0928 e. The van der Waals surface area contributed by atoms with Crippen LogP contribution in [0.2, 0.25) is 18.1 Å². The van der Waals surface area contributed by atoms with Gasteiger partial charge >= 0.3 is 0 Å². The summed E-state index contributed by atoms with van der Waals surface area (Å²) in [6, 6.07) is 4.90. The van der Waals surface area contributed by atoms with Crippen LogP contribution in [0.25, 0.3) is 0 Å². The van der Waals surface area contributed by atoms with Crippen molar-refractivity contribution in [3.8, 4) is 0 Å². The van der Waals surface area contributed by atoms with Gasteiger partial charge < -0.3 is 0 Å². The number of halogens is 1. The highest BCUT2D eigenvalue weighted by Crippen LogP contribution is 2.41. The molecule has 2 rings (SSSR count). The van der Waals surface area contributed by atoms with Gasteiger partial charge in [0.1, 0.15) is 0 Å². The van der Waals surface area contributed by atoms with Gasteiger partial charge in [-0.25, -0.2) is 0 Å². The molecule has 0 nitrogen and oxygen atoms in total. The van der Waals surface area contributed by atoms with Crippen molar-refractivity contribution in [1.29, 1.82) is 0 Å². The van der Waals surface area contributed by atoms with E-state index in [4.69, 9.17) is 0 Å². The van der Waals surface area contributed by atoms with Gasteiger partial charge in [0.05, 0.1) is 0 Å². The maximum atomic E-state index is 3.60. The molecule has 0 spiro atoms. The minimum atomic E-state index is -0.228. The van der Waals surface area contributed by atoms with E-state index in [0.29, 0.717) is 0 Å². The molecule has 1 aliphatic heterocycles. The van der Waals surface area contributed by atoms with E-state index in [2.05, 4.69) is 22.9 Å². The molecule has 1 saturated carbocycles. The summed E-state index contributed by atoms with van der Waals surface area (Å²) >= 11 is 3.60. The molecule has 1 aliphatic carbocycles. The zero-order valence-corrected chi connectivity index (χ0v) is 14.2. The predicted molar refractivity (Wildman–Crippen MR) is 83.8 cm³/mol. The van der Waals surface area contributed by atoms with E-state index in [1.54, 1.807) is 43.8 Å². The summed E-state index contributed by atoms with van der Waals surface area (Å²) in [4.78, 5) is 0. The summed E-state index contributed by atoms with van der Waals surface area (Å²) in [5, 5.41) is 1.22. The van der Waals surface area contributed by atoms with Crippen LogP contribution < -0.4 is 0 Å². The van der Waals surface area contributed by atoms with Gasteiger partial charge in [-0.05, 0) is 37.0 Å². The molecular formula is C15H29BrSi. The zero-order chi connectivity index (χ0) is 12.1. The number of hydrogen-bond acceptors (Lipinski definition) is 0. The van der Waals surface area contributed by atoms with Crippen molar-refractivity contribution in [3.63, 3.8) is 0 Å². The molecule has 1 heterocycles. The molecule has 0 amide bonds. The molecular weight excluding hydrogens is 288 g/mol. The minimum absolute atomic E-state index is 0.228.